The highest BCUT2D eigenvalue weighted by molar-refractivity contribution is 6.33. The van der Waals surface area contributed by atoms with Crippen LogP contribution in [0.5, 0.6) is 0 Å². The summed E-state index contributed by atoms with van der Waals surface area (Å²) in [5.41, 5.74) is 1.33. The summed E-state index contributed by atoms with van der Waals surface area (Å²) in [7, 11) is 0. The third-order valence-electron chi connectivity index (χ3n) is 3.94. The summed E-state index contributed by atoms with van der Waals surface area (Å²) in [5, 5.41) is 0.338. The fourth-order valence-corrected chi connectivity index (χ4v) is 2.80. The Bertz CT molecular complexity index is 709. The van der Waals surface area contributed by atoms with Gasteiger partial charge in [0.15, 0.2) is 10.8 Å². The summed E-state index contributed by atoms with van der Waals surface area (Å²) in [4.78, 5) is 23.9. The third-order valence-corrected chi connectivity index (χ3v) is 4.22. The molecule has 21 heavy (non-hydrogen) atoms. The molecule has 0 bridgehead atoms. The standard InChI is InChI=1S/C14H15ClN4O2/c1-3-14(6-9(2)13(20)21-14)4-5-19-8-18-10-11(15)16-7-17-12(10)19/h7-8H,2-6H2,1H3. The van der Waals surface area contributed by atoms with Crippen molar-refractivity contribution < 1.29 is 9.53 Å². The third kappa shape index (κ3) is 2.40. The van der Waals surface area contributed by atoms with E-state index in [1.165, 1.54) is 6.33 Å². The lowest BCUT2D eigenvalue weighted by Gasteiger charge is -2.25. The minimum Gasteiger partial charge on any atom is -0.455 e. The zero-order valence-corrected chi connectivity index (χ0v) is 12.4. The van der Waals surface area contributed by atoms with Crippen LogP contribution in [0.25, 0.3) is 11.2 Å². The Hall–Kier alpha value is -1.95. The van der Waals surface area contributed by atoms with E-state index in [9.17, 15) is 4.79 Å². The zero-order valence-electron chi connectivity index (χ0n) is 11.7. The number of ether oxygens (including phenoxy) is 1. The fourth-order valence-electron chi connectivity index (χ4n) is 2.62. The van der Waals surface area contributed by atoms with Crippen LogP contribution in [0, 0.1) is 0 Å². The lowest BCUT2D eigenvalue weighted by molar-refractivity contribution is -0.147. The second-order valence-corrected chi connectivity index (χ2v) is 5.59. The average molecular weight is 307 g/mol. The van der Waals surface area contributed by atoms with Crippen molar-refractivity contribution in [3.05, 3.63) is 30.0 Å². The van der Waals surface area contributed by atoms with E-state index >= 15 is 0 Å². The van der Waals surface area contributed by atoms with Crippen LogP contribution in [0.15, 0.2) is 24.8 Å². The highest BCUT2D eigenvalue weighted by Gasteiger charge is 2.41. The van der Waals surface area contributed by atoms with Crippen molar-refractivity contribution in [1.29, 1.82) is 0 Å². The summed E-state index contributed by atoms with van der Waals surface area (Å²) >= 11 is 5.98. The molecule has 2 aromatic heterocycles. The van der Waals surface area contributed by atoms with Crippen LogP contribution in [-0.2, 0) is 16.1 Å². The Balaban J connectivity index is 1.82. The smallest absolute Gasteiger partial charge is 0.334 e. The van der Waals surface area contributed by atoms with Crippen molar-refractivity contribution in [3.63, 3.8) is 0 Å². The summed E-state index contributed by atoms with van der Waals surface area (Å²) < 4.78 is 7.41. The molecule has 0 amide bonds. The number of fused-ring (bicyclic) bond motifs is 1. The van der Waals surface area contributed by atoms with Crippen molar-refractivity contribution in [1.82, 2.24) is 19.5 Å². The van der Waals surface area contributed by atoms with Crippen molar-refractivity contribution in [2.24, 2.45) is 0 Å². The Morgan fingerprint density at radius 1 is 1.48 bits per heavy atom. The monoisotopic (exact) mass is 306 g/mol. The highest BCUT2D eigenvalue weighted by Crippen LogP contribution is 2.36. The van der Waals surface area contributed by atoms with E-state index in [1.807, 2.05) is 11.5 Å². The predicted octanol–water partition coefficient (Wildman–Crippen LogP) is 2.52. The molecule has 1 aliphatic heterocycles. The van der Waals surface area contributed by atoms with Gasteiger partial charge in [0.1, 0.15) is 17.4 Å². The van der Waals surface area contributed by atoms with E-state index in [0.29, 0.717) is 41.3 Å². The Kier molecular flexibility index (Phi) is 3.41. The molecule has 3 rings (SSSR count). The van der Waals surface area contributed by atoms with E-state index in [1.54, 1.807) is 6.33 Å². The minimum atomic E-state index is -0.471. The first-order valence-electron chi connectivity index (χ1n) is 6.77. The molecule has 3 heterocycles. The molecule has 1 aliphatic rings. The first-order valence-corrected chi connectivity index (χ1v) is 7.15. The number of aryl methyl sites for hydroxylation is 1. The molecular formula is C14H15ClN4O2. The van der Waals surface area contributed by atoms with E-state index in [-0.39, 0.29) is 5.97 Å². The maximum Gasteiger partial charge on any atom is 0.334 e. The molecule has 0 N–H and O–H groups in total. The van der Waals surface area contributed by atoms with E-state index in [0.717, 1.165) is 6.42 Å². The van der Waals surface area contributed by atoms with E-state index in [4.69, 9.17) is 16.3 Å². The average Bonchev–Trinajstić information content (AvgIpc) is 3.00. The van der Waals surface area contributed by atoms with Gasteiger partial charge in [0.05, 0.1) is 6.33 Å². The molecule has 6 nitrogen and oxygen atoms in total. The lowest BCUT2D eigenvalue weighted by Crippen LogP contribution is -2.29. The SMILES string of the molecule is C=C1CC(CC)(CCn2cnc3c(Cl)ncnc32)OC1=O. The normalized spacial score (nSPS) is 22.0. The molecule has 1 saturated heterocycles. The van der Waals surface area contributed by atoms with Gasteiger partial charge in [-0.25, -0.2) is 19.7 Å². The van der Waals surface area contributed by atoms with E-state index in [2.05, 4.69) is 21.5 Å². The number of hydrogen-bond donors (Lipinski definition) is 0. The molecule has 0 radical (unpaired) electrons. The number of cyclic esters (lactones) is 1. The molecule has 0 saturated carbocycles. The van der Waals surface area contributed by atoms with Crippen molar-refractivity contribution in [3.8, 4) is 0 Å². The van der Waals surface area contributed by atoms with Gasteiger partial charge in [-0.05, 0) is 6.42 Å². The first kappa shape index (κ1) is 14.0. The Labute approximate surface area is 126 Å². The highest BCUT2D eigenvalue weighted by atomic mass is 35.5. The molecule has 1 fully saturated rings. The lowest BCUT2D eigenvalue weighted by atomic mass is 9.91. The summed E-state index contributed by atoms with van der Waals surface area (Å²) in [6.07, 6.45) is 5.10. The molecule has 1 atom stereocenters. The fraction of sp³-hybridized carbons (Fsp3) is 0.429. The van der Waals surface area contributed by atoms with Crippen molar-refractivity contribution >= 4 is 28.7 Å². The van der Waals surface area contributed by atoms with Gasteiger partial charge in [0.2, 0.25) is 0 Å². The number of carbonyl (C=O) groups is 1. The minimum absolute atomic E-state index is 0.294. The number of imidazole rings is 1. The van der Waals surface area contributed by atoms with Crippen LogP contribution in [0.1, 0.15) is 26.2 Å². The zero-order chi connectivity index (χ0) is 15.0. The van der Waals surface area contributed by atoms with Crippen LogP contribution < -0.4 is 0 Å². The maximum absolute atomic E-state index is 11.6. The van der Waals surface area contributed by atoms with Gasteiger partial charge in [-0.15, -0.1) is 0 Å². The number of rotatable bonds is 4. The summed E-state index contributed by atoms with van der Waals surface area (Å²) in [6, 6.07) is 0. The molecule has 0 spiro atoms. The largest absolute Gasteiger partial charge is 0.455 e. The number of nitrogens with zero attached hydrogens (tertiary/aromatic N) is 4. The van der Waals surface area contributed by atoms with Gasteiger partial charge in [0, 0.05) is 25.0 Å². The van der Waals surface area contributed by atoms with Gasteiger partial charge in [-0.2, -0.15) is 0 Å². The van der Waals surface area contributed by atoms with Gasteiger partial charge in [-0.1, -0.05) is 25.1 Å². The van der Waals surface area contributed by atoms with Crippen molar-refractivity contribution in [2.75, 3.05) is 0 Å². The number of esters is 1. The van der Waals surface area contributed by atoms with Gasteiger partial charge in [0.25, 0.3) is 0 Å². The van der Waals surface area contributed by atoms with Crippen LogP contribution in [0.2, 0.25) is 5.15 Å². The molecule has 7 heteroatoms. The second-order valence-electron chi connectivity index (χ2n) is 5.23. The number of hydrogen-bond acceptors (Lipinski definition) is 5. The summed E-state index contributed by atoms with van der Waals surface area (Å²) in [6.45, 7) is 6.40. The Morgan fingerprint density at radius 2 is 2.29 bits per heavy atom. The summed E-state index contributed by atoms with van der Waals surface area (Å²) in [5.74, 6) is -0.294. The Morgan fingerprint density at radius 3 is 2.95 bits per heavy atom. The number of carbonyl (C=O) groups excluding carboxylic acids is 1. The van der Waals surface area contributed by atoms with Crippen LogP contribution in [-0.4, -0.2) is 31.1 Å². The molecule has 1 unspecified atom stereocenters. The van der Waals surface area contributed by atoms with Crippen LogP contribution in [0.4, 0.5) is 0 Å². The van der Waals surface area contributed by atoms with E-state index < -0.39 is 5.60 Å². The maximum atomic E-state index is 11.6. The molecule has 0 aromatic carbocycles. The molecular weight excluding hydrogens is 292 g/mol. The second kappa shape index (κ2) is 5.11. The van der Waals surface area contributed by atoms with Gasteiger partial charge >= 0.3 is 5.97 Å². The molecule has 0 aliphatic carbocycles. The quantitative estimate of drug-likeness (QED) is 0.493. The molecule has 2 aromatic rings. The first-order chi connectivity index (χ1) is 10.0. The van der Waals surface area contributed by atoms with Crippen LogP contribution in [0.3, 0.4) is 0 Å². The number of halogens is 1. The van der Waals surface area contributed by atoms with Crippen molar-refractivity contribution in [2.45, 2.75) is 38.3 Å². The van der Waals surface area contributed by atoms with Gasteiger partial charge in [-0.3, -0.25) is 0 Å². The predicted molar refractivity (Wildman–Crippen MR) is 77.8 cm³/mol. The van der Waals surface area contributed by atoms with Gasteiger partial charge < -0.3 is 9.30 Å². The molecule has 110 valence electrons. The topological polar surface area (TPSA) is 69.9 Å². The number of aromatic nitrogens is 4. The van der Waals surface area contributed by atoms with Crippen LogP contribution >= 0.6 is 11.6 Å².